The summed E-state index contributed by atoms with van der Waals surface area (Å²) < 4.78 is 3.52. The molecule has 1 fully saturated rings. The number of aromatic nitrogens is 5. The monoisotopic (exact) mass is 477 g/mol. The van der Waals surface area contributed by atoms with E-state index in [-0.39, 0.29) is 17.6 Å². The van der Waals surface area contributed by atoms with Crippen molar-refractivity contribution >= 4 is 35.2 Å². The number of nitrogens with zero attached hydrogens (tertiary/aromatic N) is 7. The average Bonchev–Trinajstić information content (AvgIpc) is 3.13. The lowest BCUT2D eigenvalue weighted by atomic mass is 10.0. The van der Waals surface area contributed by atoms with Crippen molar-refractivity contribution in [2.45, 2.75) is 38.1 Å². The van der Waals surface area contributed by atoms with Gasteiger partial charge in [-0.05, 0) is 38.2 Å². The van der Waals surface area contributed by atoms with Crippen LogP contribution >= 0.6 is 11.8 Å². The molecule has 2 aliphatic rings. The summed E-state index contributed by atoms with van der Waals surface area (Å²) in [6.45, 7) is 7.16. The minimum absolute atomic E-state index is 0.0205. The number of rotatable bonds is 5. The highest BCUT2D eigenvalue weighted by Crippen LogP contribution is 2.26. The Morgan fingerprint density at radius 2 is 1.97 bits per heavy atom. The first kappa shape index (κ1) is 22.9. The maximum absolute atomic E-state index is 12.7. The summed E-state index contributed by atoms with van der Waals surface area (Å²) >= 11 is 1.73. The molecule has 0 radical (unpaired) electrons. The fourth-order valence-electron chi connectivity index (χ4n) is 4.98. The third kappa shape index (κ3) is 4.18. The summed E-state index contributed by atoms with van der Waals surface area (Å²) in [5, 5.41) is 1.89. The van der Waals surface area contributed by atoms with Crippen LogP contribution in [0, 0.1) is 0 Å². The van der Waals surface area contributed by atoms with Crippen LogP contribution in [0.4, 0.5) is 5.69 Å². The summed E-state index contributed by atoms with van der Waals surface area (Å²) in [5.41, 5.74) is 4.03. The Bertz CT molecular complexity index is 1420. The predicted molar refractivity (Wildman–Crippen MR) is 138 cm³/mol. The second kappa shape index (κ2) is 9.38. The first-order valence-corrected chi connectivity index (χ1v) is 13.1. The fraction of sp³-hybridized carbons (Fsp3) is 0.440. The lowest BCUT2D eigenvalue weighted by molar-refractivity contribution is 0.197. The van der Waals surface area contributed by atoms with Gasteiger partial charge in [-0.1, -0.05) is 12.2 Å². The molecule has 178 valence electrons. The van der Waals surface area contributed by atoms with Crippen LogP contribution in [-0.4, -0.2) is 67.0 Å². The molecule has 1 saturated heterocycles. The number of aryl methyl sites for hydroxylation is 1. The number of anilines is 1. The third-order valence-electron chi connectivity index (χ3n) is 6.88. The minimum Gasteiger partial charge on any atom is -0.363 e. The topological polar surface area (TPSA) is 71.6 Å². The van der Waals surface area contributed by atoms with Crippen LogP contribution < -0.4 is 21.2 Å². The molecule has 4 heterocycles. The molecule has 0 bridgehead atoms. The number of hydrogen-bond donors (Lipinski definition) is 0. The molecular weight excluding hydrogens is 446 g/mol. The van der Waals surface area contributed by atoms with Crippen LogP contribution in [0.15, 0.2) is 41.1 Å². The molecule has 5 rings (SSSR count). The van der Waals surface area contributed by atoms with Gasteiger partial charge in [-0.2, -0.15) is 11.8 Å². The maximum atomic E-state index is 12.7. The summed E-state index contributed by atoms with van der Waals surface area (Å²) in [6, 6.07) is 2.26. The highest BCUT2D eigenvalue weighted by Gasteiger charge is 2.30. The van der Waals surface area contributed by atoms with Crippen molar-refractivity contribution in [3.8, 4) is 0 Å². The van der Waals surface area contributed by atoms with E-state index >= 15 is 0 Å². The quantitative estimate of drug-likeness (QED) is 0.546. The number of thioether (sulfide) groups is 1. The highest BCUT2D eigenvalue weighted by molar-refractivity contribution is 7.97. The third-order valence-corrected chi connectivity index (χ3v) is 7.47. The van der Waals surface area contributed by atoms with E-state index in [2.05, 4.69) is 58.1 Å². The van der Waals surface area contributed by atoms with E-state index in [9.17, 15) is 4.79 Å². The second-order valence-electron chi connectivity index (χ2n) is 9.05. The van der Waals surface area contributed by atoms with Crippen LogP contribution in [-0.2, 0) is 12.8 Å². The van der Waals surface area contributed by atoms with Gasteiger partial charge in [-0.25, -0.2) is 14.2 Å². The van der Waals surface area contributed by atoms with Crippen molar-refractivity contribution in [2.75, 3.05) is 30.8 Å². The molecule has 0 aromatic carbocycles. The molecule has 8 nitrogen and oxygen atoms in total. The SMILES string of the molecule is CSCc1cn2c(n1)c(N1CCN(C(C)C3=CCC=c4nccnc4=C3)CC1C)cc(=O)n2C. The Balaban J connectivity index is 1.40. The van der Waals surface area contributed by atoms with Crippen molar-refractivity contribution in [3.05, 3.63) is 63.1 Å². The molecule has 0 amide bonds. The molecule has 0 saturated carbocycles. The van der Waals surface area contributed by atoms with Gasteiger partial charge in [-0.3, -0.25) is 19.7 Å². The van der Waals surface area contributed by atoms with Gasteiger partial charge in [0.25, 0.3) is 5.56 Å². The zero-order chi connectivity index (χ0) is 23.8. The van der Waals surface area contributed by atoms with Crippen molar-refractivity contribution < 1.29 is 0 Å². The van der Waals surface area contributed by atoms with E-state index in [0.29, 0.717) is 0 Å². The number of allylic oxidation sites excluding steroid dienone is 1. The van der Waals surface area contributed by atoms with Crippen molar-refractivity contribution in [1.29, 1.82) is 0 Å². The van der Waals surface area contributed by atoms with Crippen LogP contribution in [0.2, 0.25) is 0 Å². The molecule has 0 spiro atoms. The maximum Gasteiger partial charge on any atom is 0.267 e. The minimum atomic E-state index is -0.0205. The summed E-state index contributed by atoms with van der Waals surface area (Å²) in [5.74, 6) is 0.826. The van der Waals surface area contributed by atoms with Gasteiger partial charge in [-0.15, -0.1) is 0 Å². The van der Waals surface area contributed by atoms with Crippen molar-refractivity contribution in [2.24, 2.45) is 7.05 Å². The first-order chi connectivity index (χ1) is 16.5. The highest BCUT2D eigenvalue weighted by atomic mass is 32.2. The van der Waals surface area contributed by atoms with Crippen molar-refractivity contribution in [3.63, 3.8) is 0 Å². The van der Waals surface area contributed by atoms with Crippen LogP contribution in [0.5, 0.6) is 0 Å². The van der Waals surface area contributed by atoms with Crippen LogP contribution in [0.3, 0.4) is 0 Å². The van der Waals surface area contributed by atoms with Gasteiger partial charge >= 0.3 is 0 Å². The standard InChI is InChI=1S/C25H31N7OS/c1-17-14-30(18(2)19-6-5-7-21-22(12-19)27-9-8-26-21)10-11-31(17)23-13-24(33)29(3)32-15-20(16-34-4)28-25(23)32/h6-9,12-13,15,17-18H,5,10-11,14,16H2,1-4H3. The van der Waals surface area contributed by atoms with Gasteiger partial charge in [0.1, 0.15) is 0 Å². The Hall–Kier alpha value is -2.91. The lowest BCUT2D eigenvalue weighted by Gasteiger charge is -2.43. The summed E-state index contributed by atoms with van der Waals surface area (Å²) in [6.07, 6.45) is 15.0. The first-order valence-electron chi connectivity index (χ1n) is 11.7. The molecule has 0 N–H and O–H groups in total. The summed E-state index contributed by atoms with van der Waals surface area (Å²) in [4.78, 5) is 31.4. The molecule has 34 heavy (non-hydrogen) atoms. The Kier molecular flexibility index (Phi) is 6.31. The van der Waals surface area contributed by atoms with Crippen LogP contribution in [0.1, 0.15) is 26.0 Å². The zero-order valence-corrected chi connectivity index (χ0v) is 21.0. The second-order valence-corrected chi connectivity index (χ2v) is 9.92. The summed E-state index contributed by atoms with van der Waals surface area (Å²) in [7, 11) is 1.80. The fourth-order valence-corrected chi connectivity index (χ4v) is 5.42. The number of piperazine rings is 1. The van der Waals surface area contributed by atoms with Gasteiger partial charge in [0.15, 0.2) is 5.65 Å². The number of fused-ring (bicyclic) bond motifs is 2. The number of imidazole rings is 1. The van der Waals surface area contributed by atoms with Crippen LogP contribution in [0.25, 0.3) is 17.8 Å². The number of hydrogen-bond acceptors (Lipinski definition) is 7. The molecule has 9 heteroatoms. The molecule has 1 aliphatic carbocycles. The Morgan fingerprint density at radius 1 is 1.18 bits per heavy atom. The molecule has 3 aromatic rings. The molecule has 1 aliphatic heterocycles. The predicted octanol–water partition coefficient (Wildman–Crippen LogP) is 1.18. The molecular formula is C25H31N7OS. The largest absolute Gasteiger partial charge is 0.363 e. The van der Waals surface area contributed by atoms with Gasteiger partial charge in [0, 0.05) is 63.0 Å². The van der Waals surface area contributed by atoms with E-state index in [0.717, 1.165) is 59.5 Å². The lowest BCUT2D eigenvalue weighted by Crippen LogP contribution is -2.55. The Labute approximate surface area is 203 Å². The van der Waals surface area contributed by atoms with Gasteiger partial charge in [0.2, 0.25) is 0 Å². The average molecular weight is 478 g/mol. The van der Waals surface area contributed by atoms with E-state index in [1.807, 2.05) is 10.7 Å². The smallest absolute Gasteiger partial charge is 0.267 e. The van der Waals surface area contributed by atoms with E-state index < -0.39 is 0 Å². The zero-order valence-electron chi connectivity index (χ0n) is 20.2. The van der Waals surface area contributed by atoms with Crippen molar-refractivity contribution in [1.82, 2.24) is 29.0 Å². The van der Waals surface area contributed by atoms with Gasteiger partial charge in [0.05, 0.1) is 28.3 Å². The van der Waals surface area contributed by atoms with E-state index in [1.165, 1.54) is 5.57 Å². The normalized spacial score (nSPS) is 19.7. The van der Waals surface area contributed by atoms with E-state index in [4.69, 9.17) is 4.98 Å². The molecule has 3 aromatic heterocycles. The Morgan fingerprint density at radius 3 is 2.74 bits per heavy atom. The molecule has 2 atom stereocenters. The molecule has 2 unspecified atom stereocenters. The van der Waals surface area contributed by atoms with Gasteiger partial charge < -0.3 is 4.90 Å². The van der Waals surface area contributed by atoms with E-state index in [1.54, 1.807) is 42.0 Å².